The second-order valence-corrected chi connectivity index (χ2v) is 4.82. The molecule has 1 amide bonds. The summed E-state index contributed by atoms with van der Waals surface area (Å²) in [5, 5.41) is 3.73. The smallest absolute Gasteiger partial charge is 0.328 e. The molecule has 0 radical (unpaired) electrons. The molecule has 1 atom stereocenters. The van der Waals surface area contributed by atoms with Gasteiger partial charge in [-0.25, -0.2) is 4.79 Å². The molecule has 1 aliphatic carbocycles. The van der Waals surface area contributed by atoms with E-state index in [1.165, 1.54) is 7.11 Å². The minimum absolute atomic E-state index is 0.0820. The molecule has 1 saturated carbocycles. The number of ether oxygens (including phenoxy) is 1. The molecule has 104 valence electrons. The average Bonchev–Trinajstić information content (AvgIpc) is 2.77. The molecule has 0 N–H and O–H groups in total. The van der Waals surface area contributed by atoms with Gasteiger partial charge in [0.25, 0.3) is 5.91 Å². The van der Waals surface area contributed by atoms with Gasteiger partial charge < -0.3 is 14.2 Å². The van der Waals surface area contributed by atoms with Crippen molar-refractivity contribution in [1.82, 2.24) is 10.1 Å². The lowest BCUT2D eigenvalue weighted by Gasteiger charge is -2.39. The normalized spacial score (nSPS) is 16.6. The zero-order valence-corrected chi connectivity index (χ0v) is 11.4. The molecule has 0 saturated heterocycles. The molecule has 0 bridgehead atoms. The van der Waals surface area contributed by atoms with Gasteiger partial charge in [-0.3, -0.25) is 4.79 Å². The zero-order valence-electron chi connectivity index (χ0n) is 11.4. The highest BCUT2D eigenvalue weighted by atomic mass is 16.5. The molecule has 1 heterocycles. The second kappa shape index (κ2) is 5.42. The highest BCUT2D eigenvalue weighted by Crippen LogP contribution is 2.28. The Morgan fingerprint density at radius 3 is 2.63 bits per heavy atom. The summed E-state index contributed by atoms with van der Waals surface area (Å²) >= 11 is 0. The van der Waals surface area contributed by atoms with Crippen LogP contribution in [-0.4, -0.2) is 41.1 Å². The Morgan fingerprint density at radius 2 is 2.21 bits per heavy atom. The maximum Gasteiger partial charge on any atom is 0.328 e. The largest absolute Gasteiger partial charge is 0.467 e. The van der Waals surface area contributed by atoms with E-state index in [0.29, 0.717) is 5.76 Å². The summed E-state index contributed by atoms with van der Waals surface area (Å²) in [6, 6.07) is 1.05. The topological polar surface area (TPSA) is 72.6 Å². The summed E-state index contributed by atoms with van der Waals surface area (Å²) in [6.07, 6.45) is 2.88. The van der Waals surface area contributed by atoms with Crippen LogP contribution in [0, 0.1) is 6.92 Å². The third kappa shape index (κ3) is 2.62. The zero-order chi connectivity index (χ0) is 14.0. The molecule has 1 unspecified atom stereocenters. The number of esters is 1. The van der Waals surface area contributed by atoms with E-state index in [9.17, 15) is 9.59 Å². The molecule has 1 aliphatic rings. The molecule has 19 heavy (non-hydrogen) atoms. The van der Waals surface area contributed by atoms with Crippen LogP contribution in [0.4, 0.5) is 0 Å². The summed E-state index contributed by atoms with van der Waals surface area (Å²) in [7, 11) is 1.32. The lowest BCUT2D eigenvalue weighted by Crippen LogP contribution is -2.52. The number of nitrogens with zero attached hydrogens (tertiary/aromatic N) is 2. The van der Waals surface area contributed by atoms with Crippen LogP contribution >= 0.6 is 0 Å². The van der Waals surface area contributed by atoms with E-state index in [0.717, 1.165) is 19.3 Å². The predicted molar refractivity (Wildman–Crippen MR) is 66.5 cm³/mol. The maximum absolute atomic E-state index is 12.4. The molecule has 0 aliphatic heterocycles. The van der Waals surface area contributed by atoms with Gasteiger partial charge in [-0.2, -0.15) is 0 Å². The highest BCUT2D eigenvalue weighted by Gasteiger charge is 2.37. The Hall–Kier alpha value is -1.85. The molecule has 1 fully saturated rings. The molecule has 0 aromatic carbocycles. The minimum atomic E-state index is -0.611. The van der Waals surface area contributed by atoms with Crippen LogP contribution in [0.5, 0.6) is 0 Å². The van der Waals surface area contributed by atoms with Crippen molar-refractivity contribution >= 4 is 11.9 Å². The SMILES string of the molecule is COC(=O)C(C)N(C(=O)c1cc(C)on1)C1CCC1. The number of hydrogen-bond acceptors (Lipinski definition) is 5. The Bertz CT molecular complexity index is 479. The summed E-state index contributed by atoms with van der Waals surface area (Å²) in [5.41, 5.74) is 0.236. The Kier molecular flexibility index (Phi) is 3.87. The quantitative estimate of drug-likeness (QED) is 0.773. The van der Waals surface area contributed by atoms with Crippen molar-refractivity contribution in [3.05, 3.63) is 17.5 Å². The Morgan fingerprint density at radius 1 is 1.53 bits per heavy atom. The van der Waals surface area contributed by atoms with Crippen LogP contribution in [0.15, 0.2) is 10.6 Å². The first-order valence-corrected chi connectivity index (χ1v) is 6.38. The first-order valence-electron chi connectivity index (χ1n) is 6.38. The van der Waals surface area contributed by atoms with Gasteiger partial charge in [0.15, 0.2) is 5.69 Å². The number of methoxy groups -OCH3 is 1. The van der Waals surface area contributed by atoms with Gasteiger partial charge in [0, 0.05) is 12.1 Å². The van der Waals surface area contributed by atoms with Gasteiger partial charge in [-0.15, -0.1) is 0 Å². The van der Waals surface area contributed by atoms with Crippen molar-refractivity contribution < 1.29 is 18.8 Å². The van der Waals surface area contributed by atoms with Crippen LogP contribution in [0.3, 0.4) is 0 Å². The van der Waals surface area contributed by atoms with Gasteiger partial charge in [0.2, 0.25) is 0 Å². The van der Waals surface area contributed by atoms with Gasteiger partial charge in [-0.05, 0) is 33.1 Å². The molecule has 1 aromatic rings. The summed E-state index contributed by atoms with van der Waals surface area (Å²) in [4.78, 5) is 25.7. The number of amides is 1. The lowest BCUT2D eigenvalue weighted by molar-refractivity contribution is -0.146. The van der Waals surface area contributed by atoms with Crippen molar-refractivity contribution in [2.45, 2.75) is 45.2 Å². The second-order valence-electron chi connectivity index (χ2n) is 4.82. The number of rotatable bonds is 4. The number of hydrogen-bond donors (Lipinski definition) is 0. The first-order chi connectivity index (χ1) is 9.04. The van der Waals surface area contributed by atoms with E-state index in [1.807, 2.05) is 0 Å². The molecular formula is C13H18N2O4. The van der Waals surface area contributed by atoms with Crippen LogP contribution in [-0.2, 0) is 9.53 Å². The standard InChI is InChI=1S/C13H18N2O4/c1-8-7-11(14-19-8)12(16)15(10-5-4-6-10)9(2)13(17)18-3/h7,9-10H,4-6H2,1-3H3. The summed E-state index contributed by atoms with van der Waals surface area (Å²) < 4.78 is 9.65. The van der Waals surface area contributed by atoms with Crippen LogP contribution in [0.1, 0.15) is 42.4 Å². The van der Waals surface area contributed by atoms with Crippen molar-refractivity contribution in [3.8, 4) is 0 Å². The first kappa shape index (κ1) is 13.6. The lowest BCUT2D eigenvalue weighted by atomic mass is 9.90. The van der Waals surface area contributed by atoms with Crippen LogP contribution < -0.4 is 0 Å². The van der Waals surface area contributed by atoms with E-state index in [4.69, 9.17) is 9.26 Å². The van der Waals surface area contributed by atoms with E-state index in [1.54, 1.807) is 24.8 Å². The molecule has 6 nitrogen and oxygen atoms in total. The fourth-order valence-electron chi connectivity index (χ4n) is 2.21. The molecule has 0 spiro atoms. The Balaban J connectivity index is 2.22. The number of carbonyl (C=O) groups is 2. The summed E-state index contributed by atoms with van der Waals surface area (Å²) in [6.45, 7) is 3.40. The van der Waals surface area contributed by atoms with Gasteiger partial charge >= 0.3 is 5.97 Å². The van der Waals surface area contributed by atoms with Crippen molar-refractivity contribution in [2.75, 3.05) is 7.11 Å². The van der Waals surface area contributed by atoms with Crippen molar-refractivity contribution in [3.63, 3.8) is 0 Å². The van der Waals surface area contributed by atoms with Crippen LogP contribution in [0.25, 0.3) is 0 Å². The van der Waals surface area contributed by atoms with E-state index < -0.39 is 12.0 Å². The number of aromatic nitrogens is 1. The van der Waals surface area contributed by atoms with E-state index in [-0.39, 0.29) is 17.6 Å². The third-order valence-electron chi connectivity index (χ3n) is 3.51. The Labute approximate surface area is 111 Å². The van der Waals surface area contributed by atoms with Crippen molar-refractivity contribution in [1.29, 1.82) is 0 Å². The van der Waals surface area contributed by atoms with Crippen LogP contribution in [0.2, 0.25) is 0 Å². The van der Waals surface area contributed by atoms with E-state index in [2.05, 4.69) is 5.16 Å². The molecular weight excluding hydrogens is 248 g/mol. The summed E-state index contributed by atoms with van der Waals surface area (Å²) in [5.74, 6) is -0.123. The maximum atomic E-state index is 12.4. The monoisotopic (exact) mass is 266 g/mol. The fraction of sp³-hybridized carbons (Fsp3) is 0.615. The fourth-order valence-corrected chi connectivity index (χ4v) is 2.21. The third-order valence-corrected chi connectivity index (χ3v) is 3.51. The highest BCUT2D eigenvalue weighted by molar-refractivity contribution is 5.95. The van der Waals surface area contributed by atoms with Gasteiger partial charge in [-0.1, -0.05) is 5.16 Å². The number of aryl methyl sites for hydroxylation is 1. The van der Waals surface area contributed by atoms with Crippen molar-refractivity contribution in [2.24, 2.45) is 0 Å². The average molecular weight is 266 g/mol. The molecule has 1 aromatic heterocycles. The minimum Gasteiger partial charge on any atom is -0.467 e. The number of carbonyl (C=O) groups excluding carboxylic acids is 2. The molecule has 6 heteroatoms. The predicted octanol–water partition coefficient (Wildman–Crippen LogP) is 1.54. The van der Waals surface area contributed by atoms with E-state index >= 15 is 0 Å². The molecule has 2 rings (SSSR count). The van der Waals surface area contributed by atoms with Gasteiger partial charge in [0.1, 0.15) is 11.8 Å². The van der Waals surface area contributed by atoms with Gasteiger partial charge in [0.05, 0.1) is 7.11 Å².